The zero-order valence-corrected chi connectivity index (χ0v) is 12.3. The van der Waals surface area contributed by atoms with E-state index >= 15 is 0 Å². The fourth-order valence-corrected chi connectivity index (χ4v) is 2.50. The van der Waals surface area contributed by atoms with Crippen molar-refractivity contribution in [3.05, 3.63) is 58.7 Å². The highest BCUT2D eigenvalue weighted by atomic mass is 19.1. The maximum Gasteiger partial charge on any atom is 0.136 e. The SMILES string of the molecule is Cc1ccc(CNC2CC2)cc1-c1c(F)ccc(C)c1F. The van der Waals surface area contributed by atoms with E-state index in [1.807, 2.05) is 25.1 Å². The molecule has 3 heteroatoms. The molecular formula is C18H19F2N. The number of rotatable bonds is 4. The van der Waals surface area contributed by atoms with Crippen molar-refractivity contribution in [3.63, 3.8) is 0 Å². The summed E-state index contributed by atoms with van der Waals surface area (Å²) in [6.45, 7) is 4.29. The van der Waals surface area contributed by atoms with Crippen molar-refractivity contribution in [3.8, 4) is 11.1 Å². The van der Waals surface area contributed by atoms with Gasteiger partial charge in [0.15, 0.2) is 0 Å². The molecule has 0 atom stereocenters. The topological polar surface area (TPSA) is 12.0 Å². The first-order valence-electron chi connectivity index (χ1n) is 7.34. The molecule has 2 aromatic carbocycles. The van der Waals surface area contributed by atoms with Gasteiger partial charge in [-0.3, -0.25) is 0 Å². The van der Waals surface area contributed by atoms with Crippen LogP contribution in [-0.2, 0) is 6.54 Å². The fourth-order valence-electron chi connectivity index (χ4n) is 2.50. The molecular weight excluding hydrogens is 268 g/mol. The molecule has 21 heavy (non-hydrogen) atoms. The second-order valence-electron chi connectivity index (χ2n) is 5.86. The standard InChI is InChI=1S/C18H19F2N/c1-11-3-5-13(10-21-14-6-7-14)9-15(11)17-16(19)8-4-12(2)18(17)20/h3-5,8-9,14,21H,6-7,10H2,1-2H3. The summed E-state index contributed by atoms with van der Waals surface area (Å²) in [5.41, 5.74) is 3.13. The van der Waals surface area contributed by atoms with Crippen LogP contribution < -0.4 is 5.32 Å². The molecule has 1 nitrogen and oxygen atoms in total. The molecule has 0 unspecified atom stereocenters. The van der Waals surface area contributed by atoms with Crippen LogP contribution in [0.4, 0.5) is 8.78 Å². The maximum atomic E-state index is 14.3. The minimum Gasteiger partial charge on any atom is -0.310 e. The highest BCUT2D eigenvalue weighted by Gasteiger charge is 2.20. The zero-order chi connectivity index (χ0) is 15.0. The molecule has 1 aliphatic rings. The number of aryl methyl sites for hydroxylation is 2. The lowest BCUT2D eigenvalue weighted by Gasteiger charge is -2.13. The van der Waals surface area contributed by atoms with Gasteiger partial charge in [-0.2, -0.15) is 0 Å². The van der Waals surface area contributed by atoms with E-state index in [1.165, 1.54) is 25.0 Å². The van der Waals surface area contributed by atoms with Crippen LogP contribution in [-0.4, -0.2) is 6.04 Å². The van der Waals surface area contributed by atoms with Gasteiger partial charge in [0.05, 0.1) is 5.56 Å². The Kier molecular flexibility index (Phi) is 3.77. The van der Waals surface area contributed by atoms with Gasteiger partial charge in [-0.1, -0.05) is 18.2 Å². The summed E-state index contributed by atoms with van der Waals surface area (Å²) in [6, 6.07) is 9.26. The number of hydrogen-bond acceptors (Lipinski definition) is 1. The normalized spacial score (nSPS) is 14.5. The van der Waals surface area contributed by atoms with Crippen molar-refractivity contribution < 1.29 is 8.78 Å². The van der Waals surface area contributed by atoms with E-state index in [0.717, 1.165) is 17.7 Å². The lowest BCUT2D eigenvalue weighted by atomic mass is 9.95. The van der Waals surface area contributed by atoms with Crippen molar-refractivity contribution in [2.75, 3.05) is 0 Å². The van der Waals surface area contributed by atoms with E-state index in [0.29, 0.717) is 17.2 Å². The first-order valence-corrected chi connectivity index (χ1v) is 7.34. The Labute approximate surface area is 124 Å². The smallest absolute Gasteiger partial charge is 0.136 e. The van der Waals surface area contributed by atoms with E-state index < -0.39 is 11.6 Å². The van der Waals surface area contributed by atoms with Gasteiger partial charge in [0.2, 0.25) is 0 Å². The van der Waals surface area contributed by atoms with Crippen molar-refractivity contribution >= 4 is 0 Å². The third-order valence-electron chi connectivity index (χ3n) is 4.03. The van der Waals surface area contributed by atoms with Crippen LogP contribution in [0.1, 0.15) is 29.5 Å². The molecule has 0 spiro atoms. The summed E-state index contributed by atoms with van der Waals surface area (Å²) in [5.74, 6) is -0.973. The monoisotopic (exact) mass is 287 g/mol. The molecule has 110 valence electrons. The Morgan fingerprint density at radius 1 is 1.05 bits per heavy atom. The minimum atomic E-state index is -0.506. The Morgan fingerprint density at radius 3 is 2.48 bits per heavy atom. The second kappa shape index (κ2) is 5.57. The Balaban J connectivity index is 2.00. The van der Waals surface area contributed by atoms with Gasteiger partial charge in [0.25, 0.3) is 0 Å². The highest BCUT2D eigenvalue weighted by Crippen LogP contribution is 2.31. The molecule has 0 radical (unpaired) electrons. The van der Waals surface area contributed by atoms with E-state index in [-0.39, 0.29) is 5.56 Å². The summed E-state index contributed by atoms with van der Waals surface area (Å²) in [7, 11) is 0. The fraction of sp³-hybridized carbons (Fsp3) is 0.333. The highest BCUT2D eigenvalue weighted by molar-refractivity contribution is 5.70. The van der Waals surface area contributed by atoms with Gasteiger partial charge < -0.3 is 5.32 Å². The number of hydrogen-bond donors (Lipinski definition) is 1. The largest absolute Gasteiger partial charge is 0.310 e. The van der Waals surface area contributed by atoms with E-state index in [4.69, 9.17) is 0 Å². The molecule has 1 saturated carbocycles. The number of halogens is 2. The molecule has 1 fully saturated rings. The lowest BCUT2D eigenvalue weighted by molar-refractivity contribution is 0.583. The van der Waals surface area contributed by atoms with E-state index in [9.17, 15) is 8.78 Å². The third kappa shape index (κ3) is 2.98. The van der Waals surface area contributed by atoms with Crippen LogP contribution in [0.15, 0.2) is 30.3 Å². The quantitative estimate of drug-likeness (QED) is 0.873. The summed E-state index contributed by atoms with van der Waals surface area (Å²) in [5, 5.41) is 3.42. The Bertz CT molecular complexity index is 675. The number of nitrogens with one attached hydrogen (secondary N) is 1. The first-order chi connectivity index (χ1) is 10.1. The van der Waals surface area contributed by atoms with Crippen LogP contribution in [0.25, 0.3) is 11.1 Å². The molecule has 0 bridgehead atoms. The van der Waals surface area contributed by atoms with Crippen LogP contribution in [0.2, 0.25) is 0 Å². The average Bonchev–Trinajstić information content (AvgIpc) is 3.28. The van der Waals surface area contributed by atoms with Gasteiger partial charge in [-0.25, -0.2) is 8.78 Å². The van der Waals surface area contributed by atoms with Crippen molar-refractivity contribution in [1.82, 2.24) is 5.32 Å². The molecule has 3 rings (SSSR count). The van der Waals surface area contributed by atoms with E-state index in [2.05, 4.69) is 5.32 Å². The average molecular weight is 287 g/mol. The summed E-state index contributed by atoms with van der Waals surface area (Å²) in [6.07, 6.45) is 2.44. The lowest BCUT2D eigenvalue weighted by Crippen LogP contribution is -2.15. The molecule has 0 aromatic heterocycles. The van der Waals surface area contributed by atoms with Gasteiger partial charge in [-0.05, 0) is 61.1 Å². The van der Waals surface area contributed by atoms with Crippen molar-refractivity contribution in [2.24, 2.45) is 0 Å². The Morgan fingerprint density at radius 2 is 1.76 bits per heavy atom. The van der Waals surface area contributed by atoms with Gasteiger partial charge in [-0.15, -0.1) is 0 Å². The molecule has 1 N–H and O–H groups in total. The van der Waals surface area contributed by atoms with Crippen molar-refractivity contribution in [1.29, 1.82) is 0 Å². The zero-order valence-electron chi connectivity index (χ0n) is 12.3. The predicted molar refractivity (Wildman–Crippen MR) is 81.1 cm³/mol. The predicted octanol–water partition coefficient (Wildman–Crippen LogP) is 4.50. The number of benzene rings is 2. The van der Waals surface area contributed by atoms with Gasteiger partial charge >= 0.3 is 0 Å². The first kappa shape index (κ1) is 14.2. The van der Waals surface area contributed by atoms with Gasteiger partial charge in [0.1, 0.15) is 11.6 Å². The molecule has 0 aliphatic heterocycles. The third-order valence-corrected chi connectivity index (χ3v) is 4.03. The van der Waals surface area contributed by atoms with Crippen LogP contribution >= 0.6 is 0 Å². The minimum absolute atomic E-state index is 0.0840. The van der Waals surface area contributed by atoms with Crippen LogP contribution in [0.3, 0.4) is 0 Å². The maximum absolute atomic E-state index is 14.3. The van der Waals surface area contributed by atoms with E-state index in [1.54, 1.807) is 6.92 Å². The second-order valence-corrected chi connectivity index (χ2v) is 5.86. The summed E-state index contributed by atoms with van der Waals surface area (Å²) >= 11 is 0. The molecule has 0 heterocycles. The molecule has 2 aromatic rings. The Hall–Kier alpha value is -1.74. The van der Waals surface area contributed by atoms with Crippen LogP contribution in [0, 0.1) is 25.5 Å². The summed E-state index contributed by atoms with van der Waals surface area (Å²) in [4.78, 5) is 0. The van der Waals surface area contributed by atoms with Crippen LogP contribution in [0.5, 0.6) is 0 Å². The van der Waals surface area contributed by atoms with Crippen molar-refractivity contribution in [2.45, 2.75) is 39.3 Å². The molecule has 1 aliphatic carbocycles. The molecule has 0 amide bonds. The molecule has 0 saturated heterocycles. The van der Waals surface area contributed by atoms with Gasteiger partial charge in [0, 0.05) is 12.6 Å². The summed E-state index contributed by atoms with van der Waals surface area (Å²) < 4.78 is 28.4.